The van der Waals surface area contributed by atoms with Crippen LogP contribution in [0.15, 0.2) is 0 Å². The molecule has 1 rings (SSSR count). The Morgan fingerprint density at radius 1 is 1.00 bits per heavy atom. The largest absolute Gasteiger partial charge is 0.105 e. The Bertz CT molecular complexity index is 99.5. The van der Waals surface area contributed by atoms with E-state index in [0.717, 1.165) is 0 Å². The van der Waals surface area contributed by atoms with Crippen molar-refractivity contribution in [3.63, 3.8) is 0 Å². The maximum Gasteiger partial charge on any atom is 0.105 e. The first-order valence-electron chi connectivity index (χ1n) is 2.71. The molecule has 1 saturated carbocycles. The summed E-state index contributed by atoms with van der Waals surface area (Å²) in [5, 5.41) is 0. The first-order valence-corrected chi connectivity index (χ1v) is 6.13. The zero-order chi connectivity index (χ0) is 7.07. The number of hydrogen-bond acceptors (Lipinski definition) is 0. The Labute approximate surface area is 88.7 Å². The smallest absolute Gasteiger partial charge is 0.0866 e. The van der Waals surface area contributed by atoms with Crippen molar-refractivity contribution in [2.24, 2.45) is 0 Å². The van der Waals surface area contributed by atoms with Gasteiger partial charge in [-0.1, -0.05) is 63.7 Å². The van der Waals surface area contributed by atoms with Gasteiger partial charge in [0.05, 0.1) is 0 Å². The lowest BCUT2D eigenvalue weighted by Crippen LogP contribution is -2.25. The Hall–Kier alpha value is 1.92. The zero-order valence-electron chi connectivity index (χ0n) is 4.58. The second kappa shape index (κ2) is 3.11. The fourth-order valence-electron chi connectivity index (χ4n) is 0.874. The van der Waals surface area contributed by atoms with Crippen LogP contribution in [0.5, 0.6) is 0 Å². The molecule has 9 heavy (non-hydrogen) atoms. The van der Waals surface area contributed by atoms with E-state index in [4.69, 9.17) is 0 Å². The van der Waals surface area contributed by atoms with Gasteiger partial charge in [0.2, 0.25) is 0 Å². The van der Waals surface area contributed by atoms with Crippen molar-refractivity contribution < 1.29 is 0 Å². The highest BCUT2D eigenvalue weighted by Gasteiger charge is 2.43. The SMILES string of the molecule is BrC1CCC(Br)C1(Br)Br. The van der Waals surface area contributed by atoms with Crippen LogP contribution < -0.4 is 0 Å². The minimum absolute atomic E-state index is 0.0694. The molecule has 1 aliphatic carbocycles. The van der Waals surface area contributed by atoms with Gasteiger partial charge < -0.3 is 0 Å². The summed E-state index contributed by atoms with van der Waals surface area (Å²) < 4.78 is 0.0694. The van der Waals surface area contributed by atoms with E-state index in [1.807, 2.05) is 0 Å². The summed E-state index contributed by atoms with van der Waals surface area (Å²) in [7, 11) is 0. The molecule has 2 unspecified atom stereocenters. The van der Waals surface area contributed by atoms with E-state index in [1.165, 1.54) is 12.8 Å². The average Bonchev–Trinajstić information content (AvgIpc) is 1.96. The van der Waals surface area contributed by atoms with Crippen LogP contribution in [0.25, 0.3) is 0 Å². The molecular weight excluding hydrogens is 380 g/mol. The molecule has 0 saturated heterocycles. The van der Waals surface area contributed by atoms with E-state index in [2.05, 4.69) is 63.7 Å². The molecule has 0 aliphatic heterocycles. The normalized spacial score (nSPS) is 41.3. The summed E-state index contributed by atoms with van der Waals surface area (Å²) in [6.45, 7) is 0. The van der Waals surface area contributed by atoms with E-state index < -0.39 is 0 Å². The number of hydrogen-bond donors (Lipinski definition) is 0. The third-order valence-electron chi connectivity index (χ3n) is 1.51. The van der Waals surface area contributed by atoms with E-state index >= 15 is 0 Å². The second-order valence-corrected chi connectivity index (χ2v) is 8.09. The van der Waals surface area contributed by atoms with Crippen LogP contribution in [-0.2, 0) is 0 Å². The maximum absolute atomic E-state index is 3.60. The molecule has 1 fully saturated rings. The van der Waals surface area contributed by atoms with E-state index in [0.29, 0.717) is 9.65 Å². The summed E-state index contributed by atoms with van der Waals surface area (Å²) in [5.41, 5.74) is 0. The van der Waals surface area contributed by atoms with E-state index in [-0.39, 0.29) is 3.23 Å². The molecule has 4 heteroatoms. The van der Waals surface area contributed by atoms with Crippen molar-refractivity contribution in [1.29, 1.82) is 0 Å². The van der Waals surface area contributed by atoms with Crippen LogP contribution in [0.3, 0.4) is 0 Å². The van der Waals surface area contributed by atoms with Crippen molar-refractivity contribution in [1.82, 2.24) is 0 Å². The molecule has 0 radical (unpaired) electrons. The van der Waals surface area contributed by atoms with Crippen LogP contribution in [0, 0.1) is 0 Å². The lowest BCUT2D eigenvalue weighted by atomic mass is 10.4. The Morgan fingerprint density at radius 3 is 1.44 bits per heavy atom. The summed E-state index contributed by atoms with van der Waals surface area (Å²) in [6.07, 6.45) is 2.43. The summed E-state index contributed by atoms with van der Waals surface area (Å²) in [6, 6.07) is 0. The van der Waals surface area contributed by atoms with Gasteiger partial charge in [0.1, 0.15) is 3.23 Å². The van der Waals surface area contributed by atoms with Crippen molar-refractivity contribution in [2.75, 3.05) is 0 Å². The average molecular weight is 386 g/mol. The first-order chi connectivity index (χ1) is 4.05. The van der Waals surface area contributed by atoms with Crippen LogP contribution in [0.4, 0.5) is 0 Å². The fourth-order valence-corrected chi connectivity index (χ4v) is 3.31. The van der Waals surface area contributed by atoms with Crippen LogP contribution in [0.1, 0.15) is 12.8 Å². The topological polar surface area (TPSA) is 0 Å². The van der Waals surface area contributed by atoms with E-state index in [9.17, 15) is 0 Å². The minimum Gasteiger partial charge on any atom is -0.0866 e. The standard InChI is InChI=1S/C5H6Br4/c6-3-1-2-4(7)5(3,8)9/h3-4H,1-2H2. The Morgan fingerprint density at radius 2 is 1.33 bits per heavy atom. The predicted octanol–water partition coefficient (Wildman–Crippen LogP) is 3.79. The fraction of sp³-hybridized carbons (Fsp3) is 1.00. The molecule has 0 aromatic rings. The highest BCUT2D eigenvalue weighted by atomic mass is 79.9. The minimum atomic E-state index is 0.0694. The third kappa shape index (κ3) is 1.74. The molecule has 54 valence electrons. The van der Waals surface area contributed by atoms with Gasteiger partial charge in [0.15, 0.2) is 0 Å². The van der Waals surface area contributed by atoms with Gasteiger partial charge in [-0.2, -0.15) is 0 Å². The molecule has 1 aliphatic rings. The molecule has 0 N–H and O–H groups in total. The van der Waals surface area contributed by atoms with Gasteiger partial charge in [-0.25, -0.2) is 0 Å². The molecular formula is C5H6Br4. The molecule has 0 nitrogen and oxygen atoms in total. The number of rotatable bonds is 0. The van der Waals surface area contributed by atoms with Gasteiger partial charge in [0, 0.05) is 9.65 Å². The monoisotopic (exact) mass is 382 g/mol. The lowest BCUT2D eigenvalue weighted by molar-refractivity contribution is 0.913. The molecule has 2 atom stereocenters. The van der Waals surface area contributed by atoms with Crippen molar-refractivity contribution >= 4 is 63.7 Å². The quantitative estimate of drug-likeness (QED) is 0.557. The predicted molar refractivity (Wildman–Crippen MR) is 55.2 cm³/mol. The second-order valence-electron chi connectivity index (χ2n) is 2.19. The van der Waals surface area contributed by atoms with Crippen molar-refractivity contribution in [3.05, 3.63) is 0 Å². The molecule has 0 bridgehead atoms. The Balaban J connectivity index is 2.66. The van der Waals surface area contributed by atoms with Gasteiger partial charge >= 0.3 is 0 Å². The molecule has 0 spiro atoms. The molecule has 0 aromatic carbocycles. The summed E-state index contributed by atoms with van der Waals surface area (Å²) >= 11 is 14.3. The summed E-state index contributed by atoms with van der Waals surface area (Å²) in [4.78, 5) is 1.07. The molecule has 0 aromatic heterocycles. The summed E-state index contributed by atoms with van der Waals surface area (Å²) in [5.74, 6) is 0. The first kappa shape index (κ1) is 9.01. The zero-order valence-corrected chi connectivity index (χ0v) is 10.9. The van der Waals surface area contributed by atoms with Crippen LogP contribution >= 0.6 is 63.7 Å². The van der Waals surface area contributed by atoms with E-state index in [1.54, 1.807) is 0 Å². The van der Waals surface area contributed by atoms with Crippen molar-refractivity contribution in [3.8, 4) is 0 Å². The van der Waals surface area contributed by atoms with Gasteiger partial charge in [-0.05, 0) is 12.8 Å². The number of alkyl halides is 4. The maximum atomic E-state index is 3.60. The third-order valence-corrected chi connectivity index (χ3v) is 8.54. The van der Waals surface area contributed by atoms with Gasteiger partial charge in [0.25, 0.3) is 0 Å². The highest BCUT2D eigenvalue weighted by molar-refractivity contribution is 9.27. The number of halogens is 4. The Kier molecular flexibility index (Phi) is 3.12. The highest BCUT2D eigenvalue weighted by Crippen LogP contribution is 2.50. The lowest BCUT2D eigenvalue weighted by Gasteiger charge is -2.20. The van der Waals surface area contributed by atoms with Crippen molar-refractivity contribution in [2.45, 2.75) is 25.7 Å². The van der Waals surface area contributed by atoms with Gasteiger partial charge in [-0.3, -0.25) is 0 Å². The molecule has 0 amide bonds. The van der Waals surface area contributed by atoms with Gasteiger partial charge in [-0.15, -0.1) is 0 Å². The van der Waals surface area contributed by atoms with Crippen LogP contribution in [0.2, 0.25) is 0 Å². The van der Waals surface area contributed by atoms with Crippen LogP contribution in [-0.4, -0.2) is 12.9 Å². The molecule has 0 heterocycles.